The molecule has 1 saturated carbocycles. The molecule has 8 heteroatoms. The predicted octanol–water partition coefficient (Wildman–Crippen LogP) is 1.76. The predicted molar refractivity (Wildman–Crippen MR) is 89.8 cm³/mol. The number of hydrogen-bond donors (Lipinski definition) is 1. The van der Waals surface area contributed by atoms with Crippen LogP contribution in [0.1, 0.15) is 41.4 Å². The molecular formula is C17H16ClN5O2. The van der Waals surface area contributed by atoms with Crippen LogP contribution in [-0.4, -0.2) is 43.7 Å². The van der Waals surface area contributed by atoms with Crippen molar-refractivity contribution in [2.75, 3.05) is 0 Å². The average Bonchev–Trinajstić information content (AvgIpc) is 3.40. The van der Waals surface area contributed by atoms with Gasteiger partial charge in [0.15, 0.2) is 0 Å². The molecule has 0 spiro atoms. The SMILES string of the molecule is O=C(N[C@@H]1CC(=O)N(C2CC2)[C@H]1c1cccnc1)c1ncncc1Cl. The van der Waals surface area contributed by atoms with Crippen molar-refractivity contribution in [3.05, 3.63) is 53.3 Å². The van der Waals surface area contributed by atoms with Gasteiger partial charge in [0.05, 0.1) is 17.1 Å². The van der Waals surface area contributed by atoms with Crippen LogP contribution in [-0.2, 0) is 4.79 Å². The second-order valence-corrected chi connectivity index (χ2v) is 6.67. The molecule has 0 radical (unpaired) electrons. The van der Waals surface area contributed by atoms with Gasteiger partial charge in [0.2, 0.25) is 5.91 Å². The minimum absolute atomic E-state index is 0.0513. The Morgan fingerprint density at radius 2 is 2.12 bits per heavy atom. The third-order valence-electron chi connectivity index (χ3n) is 4.53. The Bertz CT molecular complexity index is 812. The molecule has 2 aromatic rings. The number of pyridine rings is 1. The number of amides is 2. The highest BCUT2D eigenvalue weighted by atomic mass is 35.5. The van der Waals surface area contributed by atoms with Crippen molar-refractivity contribution in [1.82, 2.24) is 25.2 Å². The van der Waals surface area contributed by atoms with Crippen LogP contribution in [0, 0.1) is 0 Å². The third kappa shape index (κ3) is 3.07. The van der Waals surface area contributed by atoms with E-state index in [0.29, 0.717) is 0 Å². The van der Waals surface area contributed by atoms with Crippen LogP contribution >= 0.6 is 11.6 Å². The fourth-order valence-corrected chi connectivity index (χ4v) is 3.52. The summed E-state index contributed by atoms with van der Waals surface area (Å²) >= 11 is 6.00. The second-order valence-electron chi connectivity index (χ2n) is 6.27. The van der Waals surface area contributed by atoms with Crippen LogP contribution in [0.2, 0.25) is 5.02 Å². The first-order valence-corrected chi connectivity index (χ1v) is 8.50. The van der Waals surface area contributed by atoms with Crippen molar-refractivity contribution in [2.45, 2.75) is 37.4 Å². The Morgan fingerprint density at radius 1 is 1.28 bits per heavy atom. The number of carbonyl (C=O) groups excluding carboxylic acids is 2. The molecule has 1 N–H and O–H groups in total. The van der Waals surface area contributed by atoms with E-state index >= 15 is 0 Å². The molecule has 0 unspecified atom stereocenters. The van der Waals surface area contributed by atoms with E-state index in [2.05, 4.69) is 20.3 Å². The lowest BCUT2D eigenvalue weighted by molar-refractivity contribution is -0.129. The van der Waals surface area contributed by atoms with E-state index in [4.69, 9.17) is 11.6 Å². The first-order chi connectivity index (χ1) is 12.1. The maximum Gasteiger partial charge on any atom is 0.271 e. The van der Waals surface area contributed by atoms with Gasteiger partial charge in [0, 0.05) is 31.1 Å². The number of nitrogens with zero attached hydrogens (tertiary/aromatic N) is 4. The zero-order valence-corrected chi connectivity index (χ0v) is 14.1. The van der Waals surface area contributed by atoms with Crippen LogP contribution < -0.4 is 5.32 Å². The zero-order valence-electron chi connectivity index (χ0n) is 13.3. The van der Waals surface area contributed by atoms with Gasteiger partial charge in [-0.1, -0.05) is 17.7 Å². The van der Waals surface area contributed by atoms with Gasteiger partial charge in [-0.15, -0.1) is 0 Å². The molecule has 0 aromatic carbocycles. The molecule has 2 aromatic heterocycles. The molecule has 1 saturated heterocycles. The topological polar surface area (TPSA) is 88.1 Å². The molecule has 1 aliphatic carbocycles. The van der Waals surface area contributed by atoms with Crippen molar-refractivity contribution in [2.24, 2.45) is 0 Å². The van der Waals surface area contributed by atoms with E-state index in [1.807, 2.05) is 17.0 Å². The van der Waals surface area contributed by atoms with E-state index in [9.17, 15) is 9.59 Å². The lowest BCUT2D eigenvalue weighted by atomic mass is 10.0. The lowest BCUT2D eigenvalue weighted by Gasteiger charge is -2.28. The molecule has 4 rings (SSSR count). The number of likely N-dealkylation sites (tertiary alicyclic amines) is 1. The van der Waals surface area contributed by atoms with Crippen LogP contribution in [0.4, 0.5) is 0 Å². The quantitative estimate of drug-likeness (QED) is 0.900. The lowest BCUT2D eigenvalue weighted by Crippen LogP contribution is -2.40. The fourth-order valence-electron chi connectivity index (χ4n) is 3.33. The molecular weight excluding hydrogens is 342 g/mol. The maximum absolute atomic E-state index is 12.6. The number of carbonyl (C=O) groups is 2. The van der Waals surface area contributed by atoms with Gasteiger partial charge in [-0.05, 0) is 24.5 Å². The fraction of sp³-hybridized carbons (Fsp3) is 0.353. The molecule has 128 valence electrons. The van der Waals surface area contributed by atoms with E-state index in [0.717, 1.165) is 18.4 Å². The van der Waals surface area contributed by atoms with E-state index in [-0.39, 0.29) is 41.2 Å². The summed E-state index contributed by atoms with van der Waals surface area (Å²) < 4.78 is 0. The molecule has 2 aliphatic rings. The van der Waals surface area contributed by atoms with E-state index < -0.39 is 5.91 Å². The Labute approximate surface area is 149 Å². The Morgan fingerprint density at radius 3 is 2.80 bits per heavy atom. The first kappa shape index (κ1) is 16.0. The van der Waals surface area contributed by atoms with E-state index in [1.54, 1.807) is 12.4 Å². The number of rotatable bonds is 4. The smallest absolute Gasteiger partial charge is 0.271 e. The minimum atomic E-state index is -0.406. The zero-order chi connectivity index (χ0) is 17.4. The number of hydrogen-bond acceptors (Lipinski definition) is 5. The number of aromatic nitrogens is 3. The Hall–Kier alpha value is -2.54. The molecule has 2 fully saturated rings. The van der Waals surface area contributed by atoms with Gasteiger partial charge in [-0.2, -0.15) is 0 Å². The summed E-state index contributed by atoms with van der Waals surface area (Å²) in [5, 5.41) is 3.11. The Kier molecular flexibility index (Phi) is 4.09. The molecule has 3 heterocycles. The van der Waals surface area contributed by atoms with Crippen LogP contribution in [0.25, 0.3) is 0 Å². The number of halogens is 1. The van der Waals surface area contributed by atoms with Crippen molar-refractivity contribution < 1.29 is 9.59 Å². The summed E-state index contributed by atoms with van der Waals surface area (Å²) in [5.41, 5.74) is 1.03. The van der Waals surface area contributed by atoms with Crippen molar-refractivity contribution in [3.63, 3.8) is 0 Å². The van der Waals surface area contributed by atoms with Crippen molar-refractivity contribution >= 4 is 23.4 Å². The van der Waals surface area contributed by atoms with Gasteiger partial charge in [-0.3, -0.25) is 14.6 Å². The van der Waals surface area contributed by atoms with E-state index in [1.165, 1.54) is 12.5 Å². The highest BCUT2D eigenvalue weighted by Crippen LogP contribution is 2.41. The summed E-state index contributed by atoms with van der Waals surface area (Å²) in [7, 11) is 0. The summed E-state index contributed by atoms with van der Waals surface area (Å²) in [5.74, 6) is -0.354. The standard InChI is InChI=1S/C17H16ClN5O2/c18-12-8-20-9-21-15(12)17(25)22-13-6-14(24)23(11-3-4-11)16(13)10-2-1-5-19-7-10/h1-2,5,7-9,11,13,16H,3-4,6H2,(H,22,25)/t13-,16+/m1/s1. The minimum Gasteiger partial charge on any atom is -0.345 e. The molecule has 2 amide bonds. The summed E-state index contributed by atoms with van der Waals surface area (Å²) in [4.78, 5) is 38.9. The van der Waals surface area contributed by atoms with Crippen LogP contribution in [0.5, 0.6) is 0 Å². The van der Waals surface area contributed by atoms with Gasteiger partial charge < -0.3 is 10.2 Å². The van der Waals surface area contributed by atoms with Gasteiger partial charge in [-0.25, -0.2) is 9.97 Å². The maximum atomic E-state index is 12.6. The molecule has 25 heavy (non-hydrogen) atoms. The second kappa shape index (κ2) is 6.40. The number of nitrogens with one attached hydrogen (secondary N) is 1. The van der Waals surface area contributed by atoms with Crippen molar-refractivity contribution in [1.29, 1.82) is 0 Å². The molecule has 1 aliphatic heterocycles. The van der Waals surface area contributed by atoms with Crippen molar-refractivity contribution in [3.8, 4) is 0 Å². The molecule has 2 atom stereocenters. The third-order valence-corrected chi connectivity index (χ3v) is 4.81. The summed E-state index contributed by atoms with van der Waals surface area (Å²) in [6.45, 7) is 0. The summed E-state index contributed by atoms with van der Waals surface area (Å²) in [6, 6.07) is 3.45. The largest absolute Gasteiger partial charge is 0.345 e. The van der Waals surface area contributed by atoms with Crippen LogP contribution in [0.3, 0.4) is 0 Å². The monoisotopic (exact) mass is 357 g/mol. The molecule has 0 bridgehead atoms. The Balaban J connectivity index is 1.62. The average molecular weight is 358 g/mol. The van der Waals surface area contributed by atoms with Gasteiger partial charge in [0.1, 0.15) is 12.0 Å². The highest BCUT2D eigenvalue weighted by molar-refractivity contribution is 6.33. The van der Waals surface area contributed by atoms with Gasteiger partial charge >= 0.3 is 0 Å². The van der Waals surface area contributed by atoms with Crippen LogP contribution in [0.15, 0.2) is 37.1 Å². The normalized spacial score (nSPS) is 22.9. The first-order valence-electron chi connectivity index (χ1n) is 8.12. The highest BCUT2D eigenvalue weighted by Gasteiger charge is 2.47. The summed E-state index contributed by atoms with van der Waals surface area (Å²) in [6.07, 6.45) is 8.34. The van der Waals surface area contributed by atoms with Gasteiger partial charge in [0.25, 0.3) is 5.91 Å². The molecule has 7 nitrogen and oxygen atoms in total.